The molecule has 1 aromatic heterocycles. The molecule has 1 aromatic carbocycles. The average molecular weight is 288 g/mol. The SMILES string of the molecule is CC(Nc1ccc(C(=O)N(C)C)nn1)c1cccc(F)c1. The molecule has 0 bridgehead atoms. The molecule has 0 spiro atoms. The second kappa shape index (κ2) is 6.30. The molecule has 1 amide bonds. The van der Waals surface area contributed by atoms with E-state index in [1.54, 1.807) is 32.3 Å². The molecule has 0 fully saturated rings. The average Bonchev–Trinajstić information content (AvgIpc) is 2.47. The van der Waals surface area contributed by atoms with Crippen LogP contribution in [0.15, 0.2) is 36.4 Å². The van der Waals surface area contributed by atoms with Crippen molar-refractivity contribution in [1.29, 1.82) is 0 Å². The molecule has 5 nitrogen and oxygen atoms in total. The largest absolute Gasteiger partial charge is 0.362 e. The summed E-state index contributed by atoms with van der Waals surface area (Å²) in [5.41, 5.74) is 1.09. The summed E-state index contributed by atoms with van der Waals surface area (Å²) in [6.45, 7) is 1.90. The van der Waals surface area contributed by atoms with Crippen LogP contribution in [0, 0.1) is 5.82 Å². The first-order valence-corrected chi connectivity index (χ1v) is 6.55. The van der Waals surface area contributed by atoms with Gasteiger partial charge in [0, 0.05) is 14.1 Å². The number of amides is 1. The van der Waals surface area contributed by atoms with Gasteiger partial charge in [-0.25, -0.2) is 4.39 Å². The maximum atomic E-state index is 13.2. The van der Waals surface area contributed by atoms with Crippen molar-refractivity contribution in [2.45, 2.75) is 13.0 Å². The zero-order valence-corrected chi connectivity index (χ0v) is 12.2. The van der Waals surface area contributed by atoms with E-state index in [2.05, 4.69) is 15.5 Å². The van der Waals surface area contributed by atoms with E-state index < -0.39 is 0 Å². The molecule has 1 heterocycles. The van der Waals surface area contributed by atoms with Crippen LogP contribution in [0.25, 0.3) is 0 Å². The fourth-order valence-corrected chi connectivity index (χ4v) is 1.83. The van der Waals surface area contributed by atoms with Gasteiger partial charge in [0.2, 0.25) is 0 Å². The molecular formula is C15H17FN4O. The van der Waals surface area contributed by atoms with Gasteiger partial charge in [-0.15, -0.1) is 10.2 Å². The third-order valence-electron chi connectivity index (χ3n) is 3.00. The van der Waals surface area contributed by atoms with Crippen LogP contribution in [0.2, 0.25) is 0 Å². The number of aromatic nitrogens is 2. The minimum absolute atomic E-state index is 0.120. The van der Waals surface area contributed by atoms with Gasteiger partial charge in [0.05, 0.1) is 6.04 Å². The molecule has 0 aliphatic rings. The fraction of sp³-hybridized carbons (Fsp3) is 0.267. The zero-order valence-electron chi connectivity index (χ0n) is 12.2. The van der Waals surface area contributed by atoms with Gasteiger partial charge >= 0.3 is 0 Å². The lowest BCUT2D eigenvalue weighted by atomic mass is 10.1. The standard InChI is InChI=1S/C15H17FN4O/c1-10(11-5-4-6-12(16)9-11)17-14-8-7-13(18-19-14)15(21)20(2)3/h4-10H,1-3H3,(H,17,19). The molecule has 0 aliphatic carbocycles. The lowest BCUT2D eigenvalue weighted by Crippen LogP contribution is -2.23. The first-order valence-electron chi connectivity index (χ1n) is 6.55. The third kappa shape index (κ3) is 3.75. The summed E-state index contributed by atoms with van der Waals surface area (Å²) in [4.78, 5) is 13.1. The van der Waals surface area contributed by atoms with Crippen molar-refractivity contribution in [3.63, 3.8) is 0 Å². The van der Waals surface area contributed by atoms with Crippen molar-refractivity contribution in [2.24, 2.45) is 0 Å². The van der Waals surface area contributed by atoms with Crippen molar-refractivity contribution < 1.29 is 9.18 Å². The minimum atomic E-state index is -0.279. The monoisotopic (exact) mass is 288 g/mol. The van der Waals surface area contributed by atoms with E-state index in [0.717, 1.165) is 5.56 Å². The molecular weight excluding hydrogens is 271 g/mol. The summed E-state index contributed by atoms with van der Waals surface area (Å²) in [6, 6.07) is 9.53. The van der Waals surface area contributed by atoms with E-state index in [1.165, 1.54) is 17.0 Å². The highest BCUT2D eigenvalue weighted by molar-refractivity contribution is 5.91. The first-order chi connectivity index (χ1) is 9.97. The van der Waals surface area contributed by atoms with Crippen LogP contribution in [-0.4, -0.2) is 35.1 Å². The van der Waals surface area contributed by atoms with E-state index in [9.17, 15) is 9.18 Å². The van der Waals surface area contributed by atoms with Crippen molar-refractivity contribution in [3.8, 4) is 0 Å². The Morgan fingerprint density at radius 1 is 1.24 bits per heavy atom. The number of hydrogen-bond acceptors (Lipinski definition) is 4. The molecule has 0 aliphatic heterocycles. The maximum Gasteiger partial charge on any atom is 0.273 e. The third-order valence-corrected chi connectivity index (χ3v) is 3.00. The number of carbonyl (C=O) groups is 1. The van der Waals surface area contributed by atoms with Crippen LogP contribution in [0.4, 0.5) is 10.2 Å². The molecule has 110 valence electrons. The van der Waals surface area contributed by atoms with Gasteiger partial charge in [0.1, 0.15) is 11.6 Å². The second-order valence-corrected chi connectivity index (χ2v) is 4.92. The van der Waals surface area contributed by atoms with Crippen LogP contribution in [0.1, 0.15) is 29.0 Å². The number of benzene rings is 1. The Labute approximate surface area is 122 Å². The summed E-state index contributed by atoms with van der Waals surface area (Å²) in [6.07, 6.45) is 0. The van der Waals surface area contributed by atoms with Crippen molar-refractivity contribution in [1.82, 2.24) is 15.1 Å². The first kappa shape index (κ1) is 14.9. The van der Waals surface area contributed by atoms with Crippen molar-refractivity contribution in [2.75, 3.05) is 19.4 Å². The number of nitrogens with zero attached hydrogens (tertiary/aromatic N) is 3. The highest BCUT2D eigenvalue weighted by atomic mass is 19.1. The van der Waals surface area contributed by atoms with Gasteiger partial charge in [-0.2, -0.15) is 0 Å². The van der Waals surface area contributed by atoms with Crippen molar-refractivity contribution >= 4 is 11.7 Å². The predicted molar refractivity (Wildman–Crippen MR) is 78.5 cm³/mol. The molecule has 0 saturated carbocycles. The molecule has 1 N–H and O–H groups in total. The van der Waals surface area contributed by atoms with Gasteiger partial charge in [0.25, 0.3) is 5.91 Å². The Bertz CT molecular complexity index is 628. The summed E-state index contributed by atoms with van der Waals surface area (Å²) in [7, 11) is 3.31. The summed E-state index contributed by atoms with van der Waals surface area (Å²) < 4.78 is 13.2. The Morgan fingerprint density at radius 3 is 2.57 bits per heavy atom. The van der Waals surface area contributed by atoms with Gasteiger partial charge in [-0.1, -0.05) is 12.1 Å². The molecule has 6 heteroatoms. The Kier molecular flexibility index (Phi) is 4.47. The van der Waals surface area contributed by atoms with E-state index in [-0.39, 0.29) is 23.5 Å². The van der Waals surface area contributed by atoms with Gasteiger partial charge in [-0.05, 0) is 36.8 Å². The number of rotatable bonds is 4. The Hall–Kier alpha value is -2.50. The molecule has 2 rings (SSSR count). The van der Waals surface area contributed by atoms with E-state index in [1.807, 2.05) is 13.0 Å². The predicted octanol–water partition coefficient (Wildman–Crippen LogP) is 2.49. The lowest BCUT2D eigenvalue weighted by molar-refractivity contribution is 0.0821. The van der Waals surface area contributed by atoms with E-state index in [4.69, 9.17) is 0 Å². The second-order valence-electron chi connectivity index (χ2n) is 4.92. The molecule has 2 aromatic rings. The molecule has 1 atom stereocenters. The van der Waals surface area contributed by atoms with Gasteiger partial charge < -0.3 is 10.2 Å². The van der Waals surface area contributed by atoms with Crippen molar-refractivity contribution in [3.05, 3.63) is 53.5 Å². The minimum Gasteiger partial charge on any atom is -0.362 e. The maximum absolute atomic E-state index is 13.2. The van der Waals surface area contributed by atoms with Crippen LogP contribution in [0.5, 0.6) is 0 Å². The van der Waals surface area contributed by atoms with Gasteiger partial charge in [0.15, 0.2) is 5.69 Å². The van der Waals surface area contributed by atoms with E-state index >= 15 is 0 Å². The smallest absolute Gasteiger partial charge is 0.273 e. The number of anilines is 1. The quantitative estimate of drug-likeness (QED) is 0.939. The summed E-state index contributed by atoms with van der Waals surface area (Å²) in [5, 5.41) is 11.0. The summed E-state index contributed by atoms with van der Waals surface area (Å²) >= 11 is 0. The number of halogens is 1. The normalized spacial score (nSPS) is 11.8. The van der Waals surface area contributed by atoms with Crippen LogP contribution < -0.4 is 5.32 Å². The summed E-state index contributed by atoms with van der Waals surface area (Å²) in [5.74, 6) is 0.0495. The fourth-order valence-electron chi connectivity index (χ4n) is 1.83. The number of nitrogens with one attached hydrogen (secondary N) is 1. The van der Waals surface area contributed by atoms with Crippen LogP contribution in [0.3, 0.4) is 0 Å². The van der Waals surface area contributed by atoms with Gasteiger partial charge in [-0.3, -0.25) is 4.79 Å². The molecule has 0 saturated heterocycles. The molecule has 1 unspecified atom stereocenters. The highest BCUT2D eigenvalue weighted by Crippen LogP contribution is 2.18. The highest BCUT2D eigenvalue weighted by Gasteiger charge is 2.11. The van der Waals surface area contributed by atoms with E-state index in [0.29, 0.717) is 5.82 Å². The number of hydrogen-bond donors (Lipinski definition) is 1. The Balaban J connectivity index is 2.08. The molecule has 0 radical (unpaired) electrons. The lowest BCUT2D eigenvalue weighted by Gasteiger charge is -2.15. The number of carbonyl (C=O) groups excluding carboxylic acids is 1. The molecule has 21 heavy (non-hydrogen) atoms. The zero-order chi connectivity index (χ0) is 15.4. The van der Waals surface area contributed by atoms with Crippen LogP contribution in [-0.2, 0) is 0 Å². The topological polar surface area (TPSA) is 58.1 Å². The van der Waals surface area contributed by atoms with Crippen LogP contribution >= 0.6 is 0 Å². The Morgan fingerprint density at radius 2 is 2.00 bits per heavy atom.